The third kappa shape index (κ3) is 2.38. The van der Waals surface area contributed by atoms with Crippen molar-refractivity contribution < 1.29 is 8.95 Å². The van der Waals surface area contributed by atoms with Gasteiger partial charge in [-0.25, -0.2) is 0 Å². The van der Waals surface area contributed by atoms with E-state index in [9.17, 15) is 4.21 Å². The van der Waals surface area contributed by atoms with Crippen LogP contribution in [0.5, 0.6) is 5.75 Å². The second-order valence-electron chi connectivity index (χ2n) is 4.21. The van der Waals surface area contributed by atoms with Crippen LogP contribution in [0, 0.1) is 5.92 Å². The van der Waals surface area contributed by atoms with Crippen molar-refractivity contribution in [3.63, 3.8) is 0 Å². The summed E-state index contributed by atoms with van der Waals surface area (Å²) in [6.07, 6.45) is 3.68. The van der Waals surface area contributed by atoms with Crippen molar-refractivity contribution in [1.29, 1.82) is 0 Å². The molecule has 1 aliphatic carbocycles. The third-order valence-electron chi connectivity index (χ3n) is 3.08. The minimum atomic E-state index is -0.991. The predicted octanol–water partition coefficient (Wildman–Crippen LogP) is 2.19. The van der Waals surface area contributed by atoms with Crippen LogP contribution in [0.1, 0.15) is 19.3 Å². The fourth-order valence-corrected chi connectivity index (χ4v) is 3.32. The Labute approximate surface area is 98.4 Å². The van der Waals surface area contributed by atoms with E-state index in [-0.39, 0.29) is 0 Å². The van der Waals surface area contributed by atoms with E-state index in [1.807, 2.05) is 0 Å². The average molecular weight is 239 g/mol. The molecule has 1 saturated carbocycles. The van der Waals surface area contributed by atoms with Gasteiger partial charge in [0.2, 0.25) is 0 Å². The van der Waals surface area contributed by atoms with Crippen LogP contribution in [0.2, 0.25) is 0 Å². The first-order valence-corrected chi connectivity index (χ1v) is 6.84. The summed E-state index contributed by atoms with van der Waals surface area (Å²) in [6, 6.07) is 5.33. The van der Waals surface area contributed by atoms with Crippen LogP contribution in [-0.4, -0.2) is 17.1 Å². The SMILES string of the molecule is COc1ccc(N)c(S(=O)CC2CCC2)c1. The number of nitrogens with two attached hydrogens (primary N) is 1. The fourth-order valence-electron chi connectivity index (χ4n) is 1.80. The molecule has 3 nitrogen and oxygen atoms in total. The molecule has 0 spiro atoms. The second kappa shape index (κ2) is 4.87. The molecule has 16 heavy (non-hydrogen) atoms. The van der Waals surface area contributed by atoms with Gasteiger partial charge in [0.25, 0.3) is 0 Å². The summed E-state index contributed by atoms with van der Waals surface area (Å²) in [5.41, 5.74) is 6.43. The standard InChI is InChI=1S/C12H17NO2S/c1-15-10-5-6-11(13)12(7-10)16(14)8-9-3-2-4-9/h5-7,9H,2-4,8,13H2,1H3. The number of nitrogen functional groups attached to an aromatic ring is 1. The summed E-state index contributed by atoms with van der Waals surface area (Å²) >= 11 is 0. The monoisotopic (exact) mass is 239 g/mol. The number of anilines is 1. The Kier molecular flexibility index (Phi) is 3.49. The van der Waals surface area contributed by atoms with Crippen molar-refractivity contribution >= 4 is 16.5 Å². The van der Waals surface area contributed by atoms with Crippen molar-refractivity contribution in [2.45, 2.75) is 24.2 Å². The van der Waals surface area contributed by atoms with Crippen LogP contribution in [-0.2, 0) is 10.8 Å². The molecule has 1 aromatic rings. The van der Waals surface area contributed by atoms with E-state index in [0.717, 1.165) is 5.75 Å². The Hall–Kier alpha value is -1.03. The zero-order valence-electron chi connectivity index (χ0n) is 9.44. The molecule has 88 valence electrons. The molecule has 1 aromatic carbocycles. The molecule has 0 radical (unpaired) electrons. The fraction of sp³-hybridized carbons (Fsp3) is 0.500. The molecule has 4 heteroatoms. The minimum Gasteiger partial charge on any atom is -0.497 e. The maximum Gasteiger partial charge on any atom is 0.120 e. The Morgan fingerprint density at radius 2 is 2.25 bits per heavy atom. The summed E-state index contributed by atoms with van der Waals surface area (Å²) in [4.78, 5) is 0.714. The van der Waals surface area contributed by atoms with Gasteiger partial charge in [-0.3, -0.25) is 4.21 Å². The van der Waals surface area contributed by atoms with Crippen LogP contribution in [0.4, 0.5) is 5.69 Å². The Morgan fingerprint density at radius 1 is 1.50 bits per heavy atom. The highest BCUT2D eigenvalue weighted by molar-refractivity contribution is 7.85. The zero-order chi connectivity index (χ0) is 11.5. The highest BCUT2D eigenvalue weighted by Crippen LogP contribution is 2.30. The van der Waals surface area contributed by atoms with Crippen LogP contribution in [0.25, 0.3) is 0 Å². The Morgan fingerprint density at radius 3 is 2.81 bits per heavy atom. The summed E-state index contributed by atoms with van der Waals surface area (Å²) < 4.78 is 17.2. The van der Waals surface area contributed by atoms with E-state index in [1.165, 1.54) is 19.3 Å². The third-order valence-corrected chi connectivity index (χ3v) is 4.70. The van der Waals surface area contributed by atoms with Crippen molar-refractivity contribution in [2.24, 2.45) is 5.92 Å². The van der Waals surface area contributed by atoms with E-state index < -0.39 is 10.8 Å². The molecule has 1 aliphatic rings. The number of methoxy groups -OCH3 is 1. The lowest BCUT2D eigenvalue weighted by Crippen LogP contribution is -2.19. The highest BCUT2D eigenvalue weighted by atomic mass is 32.2. The number of hydrogen-bond acceptors (Lipinski definition) is 3. The van der Waals surface area contributed by atoms with Crippen molar-refractivity contribution in [3.8, 4) is 5.75 Å². The Bertz CT molecular complexity index is 402. The van der Waals surface area contributed by atoms with E-state index >= 15 is 0 Å². The molecule has 0 aliphatic heterocycles. The first kappa shape index (κ1) is 11.5. The van der Waals surface area contributed by atoms with Gasteiger partial charge in [-0.15, -0.1) is 0 Å². The van der Waals surface area contributed by atoms with E-state index in [1.54, 1.807) is 25.3 Å². The lowest BCUT2D eigenvalue weighted by atomic mass is 9.87. The van der Waals surface area contributed by atoms with E-state index in [0.29, 0.717) is 22.3 Å². The highest BCUT2D eigenvalue weighted by Gasteiger charge is 2.21. The topological polar surface area (TPSA) is 52.3 Å². The maximum absolute atomic E-state index is 12.1. The van der Waals surface area contributed by atoms with Gasteiger partial charge in [-0.05, 0) is 37.0 Å². The smallest absolute Gasteiger partial charge is 0.120 e. The molecule has 0 bridgehead atoms. The summed E-state index contributed by atoms with van der Waals surface area (Å²) in [7, 11) is 0.611. The van der Waals surface area contributed by atoms with Gasteiger partial charge in [0, 0.05) is 11.4 Å². The normalized spacial score (nSPS) is 17.8. The lowest BCUT2D eigenvalue weighted by molar-refractivity contribution is 0.350. The van der Waals surface area contributed by atoms with Gasteiger partial charge in [0.05, 0.1) is 22.8 Å². The van der Waals surface area contributed by atoms with Gasteiger partial charge in [0.15, 0.2) is 0 Å². The number of ether oxygens (including phenoxy) is 1. The van der Waals surface area contributed by atoms with Gasteiger partial charge >= 0.3 is 0 Å². The molecule has 0 aromatic heterocycles. The number of hydrogen-bond donors (Lipinski definition) is 1. The molecule has 1 fully saturated rings. The number of benzene rings is 1. The molecule has 2 N–H and O–H groups in total. The molecule has 0 heterocycles. The first-order valence-electron chi connectivity index (χ1n) is 5.52. The predicted molar refractivity (Wildman–Crippen MR) is 66.0 cm³/mol. The van der Waals surface area contributed by atoms with Crippen LogP contribution < -0.4 is 10.5 Å². The summed E-state index contributed by atoms with van der Waals surface area (Å²) in [6.45, 7) is 0. The molecule has 0 saturated heterocycles. The maximum atomic E-state index is 12.1. The van der Waals surface area contributed by atoms with E-state index in [2.05, 4.69) is 0 Å². The molecular formula is C12H17NO2S. The largest absolute Gasteiger partial charge is 0.497 e. The van der Waals surface area contributed by atoms with E-state index in [4.69, 9.17) is 10.5 Å². The van der Waals surface area contributed by atoms with Gasteiger partial charge in [0.1, 0.15) is 5.75 Å². The minimum absolute atomic E-state index is 0.596. The van der Waals surface area contributed by atoms with Crippen molar-refractivity contribution in [1.82, 2.24) is 0 Å². The molecular weight excluding hydrogens is 222 g/mol. The number of rotatable bonds is 4. The van der Waals surface area contributed by atoms with Crippen molar-refractivity contribution in [3.05, 3.63) is 18.2 Å². The average Bonchev–Trinajstić information content (AvgIpc) is 2.24. The molecule has 2 rings (SSSR count). The quantitative estimate of drug-likeness (QED) is 0.819. The summed E-state index contributed by atoms with van der Waals surface area (Å²) in [5.74, 6) is 2.06. The van der Waals surface area contributed by atoms with Crippen molar-refractivity contribution in [2.75, 3.05) is 18.6 Å². The van der Waals surface area contributed by atoms with Gasteiger partial charge in [-0.1, -0.05) is 6.42 Å². The lowest BCUT2D eigenvalue weighted by Gasteiger charge is -2.24. The zero-order valence-corrected chi connectivity index (χ0v) is 10.3. The van der Waals surface area contributed by atoms with Gasteiger partial charge in [-0.2, -0.15) is 0 Å². The second-order valence-corrected chi connectivity index (χ2v) is 5.68. The summed E-state index contributed by atoms with van der Waals surface area (Å²) in [5, 5.41) is 0. The molecule has 1 unspecified atom stereocenters. The van der Waals surface area contributed by atoms with Crippen LogP contribution in [0.15, 0.2) is 23.1 Å². The van der Waals surface area contributed by atoms with Crippen LogP contribution >= 0.6 is 0 Å². The van der Waals surface area contributed by atoms with Crippen LogP contribution in [0.3, 0.4) is 0 Å². The van der Waals surface area contributed by atoms with Gasteiger partial charge < -0.3 is 10.5 Å². The molecule has 0 amide bonds. The molecule has 1 atom stereocenters. The first-order chi connectivity index (χ1) is 7.70. The Balaban J connectivity index is 2.13.